The summed E-state index contributed by atoms with van der Waals surface area (Å²) >= 11 is 0. The van der Waals surface area contributed by atoms with Crippen LogP contribution in [0.1, 0.15) is 71.3 Å². The van der Waals surface area contributed by atoms with Gasteiger partial charge in [0.2, 0.25) is 0 Å². The Balaban J connectivity index is 1.14. The third-order valence-electron chi connectivity index (χ3n) is 9.84. The smallest absolute Gasteiger partial charge is 0.312 e. The summed E-state index contributed by atoms with van der Waals surface area (Å²) in [5.41, 5.74) is 1.40. The molecule has 4 saturated carbocycles. The first-order valence-corrected chi connectivity index (χ1v) is 14.3. The summed E-state index contributed by atoms with van der Waals surface area (Å²) in [7, 11) is 0.138. The minimum Gasteiger partial charge on any atom is -0.454 e. The van der Waals surface area contributed by atoms with Gasteiger partial charge >= 0.3 is 5.97 Å². The van der Waals surface area contributed by atoms with Crippen molar-refractivity contribution in [3.63, 3.8) is 0 Å². The van der Waals surface area contributed by atoms with E-state index in [-0.39, 0.29) is 39.9 Å². The average Bonchev–Trinajstić information content (AvgIpc) is 3.33. The molecule has 4 aliphatic carbocycles. The second-order valence-electron chi connectivity index (χ2n) is 13.0. The maximum atomic E-state index is 13.7. The van der Waals surface area contributed by atoms with Crippen molar-refractivity contribution in [1.29, 1.82) is 0 Å². The predicted molar refractivity (Wildman–Crippen MR) is 127 cm³/mol. The fraction of sp³-hybridized carbons (Fsp3) is 0.750. The minimum atomic E-state index is -0.165. The molecule has 8 rings (SSSR count). The highest BCUT2D eigenvalue weighted by atomic mass is 32.2. The van der Waals surface area contributed by atoms with Crippen LogP contribution in [0.2, 0.25) is 0 Å². The first kappa shape index (κ1) is 20.4. The number of esters is 1. The summed E-state index contributed by atoms with van der Waals surface area (Å²) in [4.78, 5) is 15.2. The number of ether oxygens (including phenoxy) is 2. The molecular weight excluding hydrogens is 416 g/mol. The molecule has 1 aromatic carbocycles. The van der Waals surface area contributed by atoms with E-state index in [1.807, 2.05) is 0 Å². The Morgan fingerprint density at radius 3 is 2.22 bits per heavy atom. The van der Waals surface area contributed by atoms with E-state index in [9.17, 15) is 4.79 Å². The fourth-order valence-electron chi connectivity index (χ4n) is 8.82. The van der Waals surface area contributed by atoms with Crippen LogP contribution in [0.3, 0.4) is 0 Å². The highest BCUT2D eigenvalue weighted by molar-refractivity contribution is 7.98. The van der Waals surface area contributed by atoms with Crippen molar-refractivity contribution in [3.8, 4) is 0 Å². The van der Waals surface area contributed by atoms with Crippen LogP contribution in [-0.2, 0) is 30.6 Å². The molecular formula is C28H37O3S+. The molecule has 172 valence electrons. The number of rotatable bonds is 3. The fourth-order valence-corrected chi connectivity index (χ4v) is 12.4. The topological polar surface area (TPSA) is 35.5 Å². The molecule has 6 unspecified atom stereocenters. The molecule has 7 fully saturated rings. The van der Waals surface area contributed by atoms with Crippen molar-refractivity contribution in [2.75, 3.05) is 6.61 Å². The summed E-state index contributed by atoms with van der Waals surface area (Å²) in [6.45, 7) is 7.69. The first-order chi connectivity index (χ1) is 15.3. The second-order valence-corrected chi connectivity index (χ2v) is 15.4. The molecule has 0 amide bonds. The number of fused-ring (bicyclic) bond motifs is 1. The third kappa shape index (κ3) is 2.87. The average molecular weight is 454 g/mol. The van der Waals surface area contributed by atoms with Gasteiger partial charge in [0.25, 0.3) is 0 Å². The van der Waals surface area contributed by atoms with E-state index in [4.69, 9.17) is 9.47 Å². The third-order valence-corrected chi connectivity index (χ3v) is 13.0. The number of carbonyl (C=O) groups excluding carboxylic acids is 1. The Labute approximate surface area is 195 Å². The molecule has 32 heavy (non-hydrogen) atoms. The summed E-state index contributed by atoms with van der Waals surface area (Å²) in [6, 6.07) is 9.36. The number of benzene rings is 1. The Morgan fingerprint density at radius 1 is 1.00 bits per heavy atom. The molecule has 1 aromatic rings. The van der Waals surface area contributed by atoms with E-state index in [0.29, 0.717) is 16.4 Å². The van der Waals surface area contributed by atoms with Crippen LogP contribution < -0.4 is 0 Å². The van der Waals surface area contributed by atoms with Crippen LogP contribution in [-0.4, -0.2) is 35.3 Å². The highest BCUT2D eigenvalue weighted by Crippen LogP contribution is 2.61. The largest absolute Gasteiger partial charge is 0.454 e. The van der Waals surface area contributed by atoms with Gasteiger partial charge in [-0.3, -0.25) is 4.79 Å². The van der Waals surface area contributed by atoms with Gasteiger partial charge in [-0.2, -0.15) is 0 Å². The number of hydrogen-bond acceptors (Lipinski definition) is 3. The lowest BCUT2D eigenvalue weighted by Crippen LogP contribution is -2.52. The van der Waals surface area contributed by atoms with E-state index >= 15 is 0 Å². The highest BCUT2D eigenvalue weighted by Gasteiger charge is 2.73. The van der Waals surface area contributed by atoms with Gasteiger partial charge in [-0.1, -0.05) is 32.9 Å². The standard InChI is InChI=1S/C28H37O3S/c1-27(2,3)20-4-6-21(7-5-20)32-22-11-19-15-30-24(25(19)32)23(22)31-26(29)28-12-16-8-17(13-28)10-18(9-16)14-28/h4-7,16-19,22-25H,8-15H2,1-3H3/q+1. The van der Waals surface area contributed by atoms with Crippen molar-refractivity contribution in [3.05, 3.63) is 29.8 Å². The molecule has 3 heterocycles. The summed E-state index contributed by atoms with van der Waals surface area (Å²) < 4.78 is 12.9. The van der Waals surface area contributed by atoms with E-state index < -0.39 is 0 Å². The van der Waals surface area contributed by atoms with Crippen LogP contribution in [0, 0.1) is 29.1 Å². The quantitative estimate of drug-likeness (QED) is 0.463. The van der Waals surface area contributed by atoms with E-state index in [2.05, 4.69) is 45.0 Å². The summed E-state index contributed by atoms with van der Waals surface area (Å²) in [5.74, 6) is 3.13. The van der Waals surface area contributed by atoms with Crippen LogP contribution in [0.4, 0.5) is 0 Å². The Kier molecular flexibility index (Phi) is 4.32. The van der Waals surface area contributed by atoms with Crippen LogP contribution in [0.15, 0.2) is 29.2 Å². The second kappa shape index (κ2) is 6.78. The molecule has 0 N–H and O–H groups in total. The van der Waals surface area contributed by atoms with E-state index in [1.54, 1.807) is 0 Å². The van der Waals surface area contributed by atoms with Crippen molar-refractivity contribution in [1.82, 2.24) is 0 Å². The summed E-state index contributed by atoms with van der Waals surface area (Å²) in [5, 5.41) is 1.01. The van der Waals surface area contributed by atoms with Gasteiger partial charge in [-0.25, -0.2) is 0 Å². The van der Waals surface area contributed by atoms with Gasteiger partial charge in [-0.05, 0) is 79.4 Å². The van der Waals surface area contributed by atoms with Crippen LogP contribution in [0.5, 0.6) is 0 Å². The molecule has 6 bridgehead atoms. The predicted octanol–water partition coefficient (Wildman–Crippen LogP) is 5.26. The molecule has 0 radical (unpaired) electrons. The Morgan fingerprint density at radius 2 is 1.62 bits per heavy atom. The number of hydrogen-bond donors (Lipinski definition) is 0. The van der Waals surface area contributed by atoms with Crippen LogP contribution >= 0.6 is 0 Å². The molecule has 3 saturated heterocycles. The van der Waals surface area contributed by atoms with Gasteiger partial charge in [0, 0.05) is 23.2 Å². The van der Waals surface area contributed by atoms with E-state index in [0.717, 1.165) is 43.6 Å². The lowest BCUT2D eigenvalue weighted by molar-refractivity contribution is -0.182. The Bertz CT molecular complexity index is 896. The zero-order valence-electron chi connectivity index (χ0n) is 19.7. The van der Waals surface area contributed by atoms with Crippen LogP contribution in [0.25, 0.3) is 0 Å². The van der Waals surface area contributed by atoms with Gasteiger partial charge in [-0.15, -0.1) is 0 Å². The molecule has 7 aliphatic rings. The maximum absolute atomic E-state index is 13.7. The van der Waals surface area contributed by atoms with Gasteiger partial charge in [0.05, 0.1) is 12.0 Å². The minimum absolute atomic E-state index is 0.0233. The molecule has 0 spiro atoms. The molecule has 3 nitrogen and oxygen atoms in total. The molecule has 3 aliphatic heterocycles. The first-order valence-electron chi connectivity index (χ1n) is 13.0. The zero-order valence-corrected chi connectivity index (χ0v) is 20.5. The number of carbonyl (C=O) groups is 1. The monoisotopic (exact) mass is 453 g/mol. The van der Waals surface area contributed by atoms with Gasteiger partial charge < -0.3 is 9.47 Å². The zero-order chi connectivity index (χ0) is 21.8. The van der Waals surface area contributed by atoms with Crippen molar-refractivity contribution in [2.24, 2.45) is 29.1 Å². The maximum Gasteiger partial charge on any atom is 0.312 e. The lowest BCUT2D eigenvalue weighted by Gasteiger charge is -2.55. The van der Waals surface area contributed by atoms with Crippen molar-refractivity contribution >= 4 is 16.9 Å². The molecule has 6 atom stereocenters. The molecule has 4 heteroatoms. The van der Waals surface area contributed by atoms with Gasteiger partial charge in [0.15, 0.2) is 21.5 Å². The normalized spacial score (nSPS) is 47.9. The molecule has 0 aromatic heterocycles. The SMILES string of the molecule is CC(C)(C)c1ccc([S+]2C3CC4COC(C3OC(=O)C35CC6CC(CC(C6)C3)C5)C42)cc1. The van der Waals surface area contributed by atoms with Crippen molar-refractivity contribution in [2.45, 2.75) is 98.7 Å². The van der Waals surface area contributed by atoms with E-state index in [1.165, 1.54) is 36.1 Å². The lowest BCUT2D eigenvalue weighted by atomic mass is 9.49. The Hall–Kier alpha value is -1.00. The van der Waals surface area contributed by atoms with Crippen molar-refractivity contribution < 1.29 is 14.3 Å². The van der Waals surface area contributed by atoms with Gasteiger partial charge in [0.1, 0.15) is 6.10 Å². The summed E-state index contributed by atoms with van der Waals surface area (Å²) in [6.07, 6.45) is 8.63.